The molecule has 0 unspecified atom stereocenters. The highest BCUT2D eigenvalue weighted by molar-refractivity contribution is 5.85. The van der Waals surface area contributed by atoms with Gasteiger partial charge in [-0.1, -0.05) is 12.1 Å². The van der Waals surface area contributed by atoms with Crippen LogP contribution in [0.4, 0.5) is 13.2 Å². The lowest BCUT2D eigenvalue weighted by Gasteiger charge is -2.19. The molecular weight excluding hydrogens is 337 g/mol. The molecule has 23 heavy (non-hydrogen) atoms. The molecule has 9 heteroatoms. The van der Waals surface area contributed by atoms with Crippen molar-refractivity contribution in [2.45, 2.75) is 25.6 Å². The zero-order valence-electron chi connectivity index (χ0n) is 12.8. The molecule has 0 aliphatic rings. The number of alkyl halides is 3. The molecule has 1 aromatic carbocycles. The molecule has 0 saturated heterocycles. The zero-order valence-corrected chi connectivity index (χ0v) is 13.6. The van der Waals surface area contributed by atoms with E-state index < -0.39 is 24.2 Å². The summed E-state index contributed by atoms with van der Waals surface area (Å²) in [4.78, 5) is 11.6. The molecule has 0 fully saturated rings. The quantitative estimate of drug-likeness (QED) is 0.786. The topological polar surface area (TPSA) is 73.6 Å². The van der Waals surface area contributed by atoms with Gasteiger partial charge < -0.3 is 20.5 Å². The summed E-state index contributed by atoms with van der Waals surface area (Å²) in [7, 11) is 0. The highest BCUT2D eigenvalue weighted by Crippen LogP contribution is 2.28. The van der Waals surface area contributed by atoms with Gasteiger partial charge in [-0.25, -0.2) is 0 Å². The maximum absolute atomic E-state index is 12.2. The molecule has 0 bridgehead atoms. The first kappa shape index (κ1) is 21.3. The summed E-state index contributed by atoms with van der Waals surface area (Å²) >= 11 is 0. The Balaban J connectivity index is 0.00000484. The summed E-state index contributed by atoms with van der Waals surface area (Å²) in [6.07, 6.45) is -4.45. The summed E-state index contributed by atoms with van der Waals surface area (Å²) in [5, 5.41) is 2.56. The number of hydrogen-bond acceptors (Lipinski definition) is 4. The first-order valence-corrected chi connectivity index (χ1v) is 6.54. The second-order valence-corrected chi connectivity index (χ2v) is 5.40. The van der Waals surface area contributed by atoms with Gasteiger partial charge in [-0.15, -0.1) is 12.4 Å². The van der Waals surface area contributed by atoms with E-state index in [4.69, 9.17) is 10.5 Å². The minimum Gasteiger partial charge on any atom is -0.480 e. The Morgan fingerprint density at radius 1 is 1.17 bits per heavy atom. The van der Waals surface area contributed by atoms with E-state index in [0.29, 0.717) is 0 Å². The van der Waals surface area contributed by atoms with Crippen LogP contribution in [0, 0.1) is 0 Å². The van der Waals surface area contributed by atoms with E-state index in [9.17, 15) is 18.0 Å². The molecule has 1 aromatic rings. The Morgan fingerprint density at radius 3 is 2.17 bits per heavy atom. The Morgan fingerprint density at radius 2 is 1.70 bits per heavy atom. The first-order chi connectivity index (χ1) is 10.1. The number of hydrogen-bond donors (Lipinski definition) is 2. The number of rotatable bonds is 7. The minimum atomic E-state index is -4.45. The summed E-state index contributed by atoms with van der Waals surface area (Å²) in [5.41, 5.74) is 5.15. The fourth-order valence-corrected chi connectivity index (χ4v) is 1.37. The van der Waals surface area contributed by atoms with Gasteiger partial charge >= 0.3 is 6.18 Å². The van der Waals surface area contributed by atoms with Crippen LogP contribution in [-0.4, -0.2) is 37.4 Å². The normalized spacial score (nSPS) is 11.4. The fraction of sp³-hybridized carbons (Fsp3) is 0.500. The summed E-state index contributed by atoms with van der Waals surface area (Å²) in [5.74, 6) is -0.440. The monoisotopic (exact) mass is 356 g/mol. The lowest BCUT2D eigenvalue weighted by atomic mass is 10.1. The Hall–Kier alpha value is -1.67. The number of ether oxygens (including phenoxy) is 2. The molecule has 0 heterocycles. The molecule has 0 aliphatic heterocycles. The number of halogens is 4. The molecular formula is C14H20ClF3N2O3. The van der Waals surface area contributed by atoms with E-state index in [1.165, 1.54) is 18.2 Å². The van der Waals surface area contributed by atoms with Gasteiger partial charge in [0.1, 0.15) is 0 Å². The molecule has 1 rings (SSSR count). The molecule has 0 aromatic heterocycles. The van der Waals surface area contributed by atoms with Gasteiger partial charge in [0.05, 0.1) is 0 Å². The molecule has 0 atom stereocenters. The number of carbonyl (C=O) groups is 1. The molecule has 0 spiro atoms. The van der Waals surface area contributed by atoms with Crippen LogP contribution in [0.25, 0.3) is 0 Å². The number of amides is 1. The van der Waals surface area contributed by atoms with Crippen LogP contribution in [0.3, 0.4) is 0 Å². The van der Waals surface area contributed by atoms with E-state index in [1.807, 2.05) is 0 Å². The summed E-state index contributed by atoms with van der Waals surface area (Å²) < 4.78 is 46.3. The average molecular weight is 357 g/mol. The van der Waals surface area contributed by atoms with Gasteiger partial charge in [-0.2, -0.15) is 13.2 Å². The van der Waals surface area contributed by atoms with Crippen LogP contribution in [0.15, 0.2) is 24.3 Å². The minimum absolute atomic E-state index is 0. The molecule has 5 nitrogen and oxygen atoms in total. The molecule has 0 aliphatic carbocycles. The van der Waals surface area contributed by atoms with E-state index in [-0.39, 0.29) is 37.1 Å². The summed E-state index contributed by atoms with van der Waals surface area (Å²) in [6.45, 7) is 1.97. The van der Waals surface area contributed by atoms with Crippen LogP contribution in [0.5, 0.6) is 11.5 Å². The smallest absolute Gasteiger partial charge is 0.422 e. The fourth-order valence-electron chi connectivity index (χ4n) is 1.37. The van der Waals surface area contributed by atoms with Gasteiger partial charge in [0, 0.05) is 12.1 Å². The lowest BCUT2D eigenvalue weighted by Crippen LogP contribution is -2.46. The summed E-state index contributed by atoms with van der Waals surface area (Å²) in [6, 6.07) is 5.83. The zero-order chi connectivity index (χ0) is 16.8. The predicted molar refractivity (Wildman–Crippen MR) is 82.0 cm³/mol. The lowest BCUT2D eigenvalue weighted by molar-refractivity contribution is -0.153. The van der Waals surface area contributed by atoms with E-state index in [2.05, 4.69) is 10.1 Å². The van der Waals surface area contributed by atoms with Gasteiger partial charge in [-0.05, 0) is 26.0 Å². The van der Waals surface area contributed by atoms with E-state index in [1.54, 1.807) is 19.9 Å². The standard InChI is InChI=1S/C14H19F3N2O3.ClH/c1-13(2,18)8-19-12(20)7-21-10-5-3-4-6-11(10)22-9-14(15,16)17;/h3-6H,7-9,18H2,1-2H3,(H,19,20);1H. The van der Waals surface area contributed by atoms with Crippen molar-refractivity contribution in [2.75, 3.05) is 19.8 Å². The van der Waals surface area contributed by atoms with Crippen molar-refractivity contribution in [1.82, 2.24) is 5.32 Å². The van der Waals surface area contributed by atoms with Crippen molar-refractivity contribution in [2.24, 2.45) is 5.73 Å². The SMILES string of the molecule is CC(C)(N)CNC(=O)COc1ccccc1OCC(F)(F)F.Cl. The largest absolute Gasteiger partial charge is 0.480 e. The first-order valence-electron chi connectivity index (χ1n) is 6.54. The molecule has 0 saturated carbocycles. The molecule has 132 valence electrons. The van der Waals surface area contributed by atoms with Crippen molar-refractivity contribution in [3.05, 3.63) is 24.3 Å². The van der Waals surface area contributed by atoms with Crippen molar-refractivity contribution in [1.29, 1.82) is 0 Å². The van der Waals surface area contributed by atoms with E-state index in [0.717, 1.165) is 0 Å². The Bertz CT molecular complexity index is 505. The molecule has 3 N–H and O–H groups in total. The third kappa shape index (κ3) is 9.85. The van der Waals surface area contributed by atoms with Crippen LogP contribution in [0.2, 0.25) is 0 Å². The van der Waals surface area contributed by atoms with Crippen molar-refractivity contribution >= 4 is 18.3 Å². The third-order valence-electron chi connectivity index (χ3n) is 2.34. The molecule has 1 amide bonds. The van der Waals surface area contributed by atoms with Crippen LogP contribution < -0.4 is 20.5 Å². The van der Waals surface area contributed by atoms with Crippen molar-refractivity contribution < 1.29 is 27.4 Å². The number of nitrogens with two attached hydrogens (primary N) is 1. The number of para-hydroxylation sites is 2. The maximum Gasteiger partial charge on any atom is 0.422 e. The van der Waals surface area contributed by atoms with Gasteiger partial charge in [0.25, 0.3) is 5.91 Å². The van der Waals surface area contributed by atoms with Crippen molar-refractivity contribution in [3.8, 4) is 11.5 Å². The second kappa shape index (κ2) is 8.83. The predicted octanol–water partition coefficient (Wildman–Crippen LogP) is 2.28. The Labute approximate surface area is 138 Å². The van der Waals surface area contributed by atoms with Gasteiger partial charge in [0.15, 0.2) is 24.7 Å². The average Bonchev–Trinajstić information content (AvgIpc) is 2.40. The van der Waals surface area contributed by atoms with E-state index >= 15 is 0 Å². The van der Waals surface area contributed by atoms with Crippen LogP contribution in [-0.2, 0) is 4.79 Å². The van der Waals surface area contributed by atoms with Crippen molar-refractivity contribution in [3.63, 3.8) is 0 Å². The van der Waals surface area contributed by atoms with Gasteiger partial charge in [0.2, 0.25) is 0 Å². The maximum atomic E-state index is 12.2. The van der Waals surface area contributed by atoms with Gasteiger partial charge in [-0.3, -0.25) is 4.79 Å². The van der Waals surface area contributed by atoms with Crippen LogP contribution >= 0.6 is 12.4 Å². The highest BCUT2D eigenvalue weighted by Gasteiger charge is 2.29. The third-order valence-corrected chi connectivity index (χ3v) is 2.34. The number of nitrogens with one attached hydrogen (secondary N) is 1. The Kier molecular flexibility index (Phi) is 8.19. The highest BCUT2D eigenvalue weighted by atomic mass is 35.5. The van der Waals surface area contributed by atoms with Crippen LogP contribution in [0.1, 0.15) is 13.8 Å². The second-order valence-electron chi connectivity index (χ2n) is 5.40. The molecule has 0 radical (unpaired) electrons. The number of carbonyl (C=O) groups excluding carboxylic acids is 1. The number of benzene rings is 1.